The third-order valence-corrected chi connectivity index (χ3v) is 3.47. The van der Waals surface area contributed by atoms with Gasteiger partial charge in [0.1, 0.15) is 0 Å². The van der Waals surface area contributed by atoms with Crippen LogP contribution in [-0.2, 0) is 0 Å². The molecule has 0 aliphatic heterocycles. The molecule has 108 valence electrons. The number of aromatic nitrogens is 1. The Balaban J connectivity index is 1.92. The number of nitrogens with zero attached hydrogens (tertiary/aromatic N) is 1. The van der Waals surface area contributed by atoms with Crippen LogP contribution in [0.5, 0.6) is 0 Å². The quantitative estimate of drug-likeness (QED) is 0.737. The topological polar surface area (TPSA) is 33.0 Å². The summed E-state index contributed by atoms with van der Waals surface area (Å²) in [6.45, 7) is 2.06. The van der Waals surface area contributed by atoms with Crippen molar-refractivity contribution in [3.8, 4) is 11.3 Å². The Morgan fingerprint density at radius 1 is 0.864 bits per heavy atom. The molecule has 1 N–H and O–H groups in total. The standard InChI is InChI=1S/C19H16N2O/c1-15-10-12-16(13-11-15)18-9-5-6-14-21(18)20-19(22)17-7-3-2-4-8-17/h2-14H,1H3/p+1. The van der Waals surface area contributed by atoms with Crippen molar-refractivity contribution < 1.29 is 9.47 Å². The fourth-order valence-corrected chi connectivity index (χ4v) is 2.26. The largest absolute Gasteiger partial charge is 0.305 e. The number of amides is 1. The lowest BCUT2D eigenvalue weighted by Crippen LogP contribution is -2.49. The first-order valence-electron chi connectivity index (χ1n) is 7.18. The zero-order chi connectivity index (χ0) is 15.4. The SMILES string of the molecule is Cc1ccc(-c2cccc[n+]2NC(=O)c2ccccc2)cc1. The van der Waals surface area contributed by atoms with Gasteiger partial charge in [0.15, 0.2) is 0 Å². The summed E-state index contributed by atoms with van der Waals surface area (Å²) in [5.41, 5.74) is 6.75. The lowest BCUT2D eigenvalue weighted by Gasteiger charge is -2.05. The van der Waals surface area contributed by atoms with Crippen molar-refractivity contribution >= 4 is 5.91 Å². The minimum Gasteiger partial charge on any atom is -0.264 e. The Morgan fingerprint density at radius 3 is 2.27 bits per heavy atom. The molecule has 1 heterocycles. The maximum Gasteiger partial charge on any atom is 0.305 e. The van der Waals surface area contributed by atoms with Crippen LogP contribution in [0.2, 0.25) is 0 Å². The zero-order valence-electron chi connectivity index (χ0n) is 12.4. The second kappa shape index (κ2) is 6.22. The summed E-state index contributed by atoms with van der Waals surface area (Å²) in [7, 11) is 0. The zero-order valence-corrected chi connectivity index (χ0v) is 12.4. The molecule has 0 saturated carbocycles. The molecule has 22 heavy (non-hydrogen) atoms. The van der Waals surface area contributed by atoms with Crippen molar-refractivity contribution in [2.75, 3.05) is 5.43 Å². The van der Waals surface area contributed by atoms with Crippen molar-refractivity contribution in [2.45, 2.75) is 6.92 Å². The predicted molar refractivity (Wildman–Crippen MR) is 86.9 cm³/mol. The maximum absolute atomic E-state index is 12.3. The van der Waals surface area contributed by atoms with Crippen molar-refractivity contribution in [3.05, 3.63) is 90.1 Å². The average molecular weight is 289 g/mol. The highest BCUT2D eigenvalue weighted by Crippen LogP contribution is 2.15. The molecule has 0 aliphatic rings. The fraction of sp³-hybridized carbons (Fsp3) is 0.0526. The smallest absolute Gasteiger partial charge is 0.264 e. The monoisotopic (exact) mass is 289 g/mol. The third-order valence-electron chi connectivity index (χ3n) is 3.47. The molecule has 2 aromatic carbocycles. The summed E-state index contributed by atoms with van der Waals surface area (Å²) in [5.74, 6) is -0.134. The van der Waals surface area contributed by atoms with E-state index in [4.69, 9.17) is 0 Å². The van der Waals surface area contributed by atoms with Crippen LogP contribution < -0.4 is 10.1 Å². The predicted octanol–water partition coefficient (Wildman–Crippen LogP) is 3.33. The van der Waals surface area contributed by atoms with Gasteiger partial charge in [-0.1, -0.05) is 40.6 Å². The summed E-state index contributed by atoms with van der Waals surface area (Å²) in [6, 6.07) is 23.2. The molecule has 0 unspecified atom stereocenters. The molecular formula is C19H17N2O+. The Kier molecular flexibility index (Phi) is 3.97. The van der Waals surface area contributed by atoms with Gasteiger partial charge < -0.3 is 0 Å². The molecule has 1 aromatic heterocycles. The highest BCUT2D eigenvalue weighted by Gasteiger charge is 2.16. The van der Waals surface area contributed by atoms with Gasteiger partial charge in [0.25, 0.3) is 0 Å². The highest BCUT2D eigenvalue weighted by atomic mass is 16.2. The second-order valence-electron chi connectivity index (χ2n) is 5.13. The van der Waals surface area contributed by atoms with E-state index in [2.05, 4.69) is 36.6 Å². The molecule has 0 atom stereocenters. The van der Waals surface area contributed by atoms with Gasteiger partial charge in [-0.3, -0.25) is 4.79 Å². The summed E-state index contributed by atoms with van der Waals surface area (Å²) >= 11 is 0. The van der Waals surface area contributed by atoms with E-state index in [1.807, 2.05) is 42.6 Å². The normalized spacial score (nSPS) is 10.2. The molecule has 0 saturated heterocycles. The van der Waals surface area contributed by atoms with Crippen LogP contribution in [-0.4, -0.2) is 5.91 Å². The Bertz CT molecular complexity index is 780. The number of nitrogens with one attached hydrogen (secondary N) is 1. The molecule has 0 bridgehead atoms. The number of carbonyl (C=O) groups excluding carboxylic acids is 1. The van der Waals surface area contributed by atoms with Crippen molar-refractivity contribution in [2.24, 2.45) is 0 Å². The summed E-state index contributed by atoms with van der Waals surface area (Å²) in [6.07, 6.45) is 1.84. The van der Waals surface area contributed by atoms with Crippen LogP contribution in [0.1, 0.15) is 15.9 Å². The molecule has 3 rings (SSSR count). The number of benzene rings is 2. The average Bonchev–Trinajstić information content (AvgIpc) is 2.57. The van der Waals surface area contributed by atoms with Crippen LogP contribution in [0.3, 0.4) is 0 Å². The minimum atomic E-state index is -0.134. The van der Waals surface area contributed by atoms with Gasteiger partial charge in [0.05, 0.1) is 0 Å². The molecule has 3 aromatic rings. The molecule has 0 aliphatic carbocycles. The van der Waals surface area contributed by atoms with Gasteiger partial charge in [-0.15, -0.1) is 5.43 Å². The van der Waals surface area contributed by atoms with E-state index >= 15 is 0 Å². The van der Waals surface area contributed by atoms with E-state index in [0.29, 0.717) is 5.56 Å². The van der Waals surface area contributed by atoms with E-state index in [9.17, 15) is 4.79 Å². The Hall–Kier alpha value is -2.94. The second-order valence-corrected chi connectivity index (χ2v) is 5.13. The molecule has 0 fully saturated rings. The van der Waals surface area contributed by atoms with Crippen molar-refractivity contribution in [3.63, 3.8) is 0 Å². The first kappa shape index (κ1) is 14.0. The lowest BCUT2D eigenvalue weighted by molar-refractivity contribution is -0.630. The van der Waals surface area contributed by atoms with E-state index in [1.165, 1.54) is 5.56 Å². The third kappa shape index (κ3) is 3.04. The number of carbonyl (C=O) groups is 1. The van der Waals surface area contributed by atoms with Gasteiger partial charge in [-0.25, -0.2) is 0 Å². The van der Waals surface area contributed by atoms with Gasteiger partial charge >= 0.3 is 5.91 Å². The molecule has 3 nitrogen and oxygen atoms in total. The first-order chi connectivity index (χ1) is 10.7. The van der Waals surface area contributed by atoms with Crippen LogP contribution in [0.15, 0.2) is 79.0 Å². The molecule has 3 heteroatoms. The van der Waals surface area contributed by atoms with Crippen LogP contribution in [0.4, 0.5) is 0 Å². The van der Waals surface area contributed by atoms with Crippen LogP contribution in [0, 0.1) is 6.92 Å². The van der Waals surface area contributed by atoms with E-state index in [1.54, 1.807) is 16.8 Å². The number of hydrogen-bond donors (Lipinski definition) is 1. The van der Waals surface area contributed by atoms with E-state index in [-0.39, 0.29) is 5.91 Å². The first-order valence-corrected chi connectivity index (χ1v) is 7.18. The van der Waals surface area contributed by atoms with E-state index in [0.717, 1.165) is 11.3 Å². The Morgan fingerprint density at radius 2 is 1.55 bits per heavy atom. The molecule has 0 spiro atoms. The fourth-order valence-electron chi connectivity index (χ4n) is 2.26. The van der Waals surface area contributed by atoms with Gasteiger partial charge in [0.2, 0.25) is 11.9 Å². The van der Waals surface area contributed by atoms with Gasteiger partial charge in [0, 0.05) is 23.3 Å². The highest BCUT2D eigenvalue weighted by molar-refractivity contribution is 5.98. The Labute approximate surface area is 129 Å². The number of rotatable bonds is 3. The minimum absolute atomic E-state index is 0.134. The van der Waals surface area contributed by atoms with Crippen molar-refractivity contribution in [1.82, 2.24) is 0 Å². The lowest BCUT2D eigenvalue weighted by atomic mass is 10.1. The molecular weight excluding hydrogens is 272 g/mol. The van der Waals surface area contributed by atoms with Gasteiger partial charge in [-0.2, -0.15) is 0 Å². The van der Waals surface area contributed by atoms with Crippen LogP contribution in [0.25, 0.3) is 11.3 Å². The number of aryl methyl sites for hydroxylation is 1. The summed E-state index contributed by atoms with van der Waals surface area (Å²) in [5, 5.41) is 0. The van der Waals surface area contributed by atoms with E-state index < -0.39 is 0 Å². The van der Waals surface area contributed by atoms with Crippen molar-refractivity contribution in [1.29, 1.82) is 0 Å². The summed E-state index contributed by atoms with van der Waals surface area (Å²) in [4.78, 5) is 12.3. The van der Waals surface area contributed by atoms with Crippen LogP contribution >= 0.6 is 0 Å². The number of hydrogen-bond acceptors (Lipinski definition) is 1. The number of pyridine rings is 1. The molecule has 1 amide bonds. The van der Waals surface area contributed by atoms with Gasteiger partial charge in [-0.05, 0) is 37.3 Å². The summed E-state index contributed by atoms with van der Waals surface area (Å²) < 4.78 is 1.75. The maximum atomic E-state index is 12.3. The molecule has 0 radical (unpaired) electrons.